The van der Waals surface area contributed by atoms with Gasteiger partial charge in [-0.1, -0.05) is 31.4 Å². The molecule has 104 valence electrons. The molecule has 0 saturated heterocycles. The molecule has 3 N–H and O–H groups in total. The molecule has 1 unspecified atom stereocenters. The summed E-state index contributed by atoms with van der Waals surface area (Å²) in [5.41, 5.74) is 6.41. The third kappa shape index (κ3) is 4.24. The summed E-state index contributed by atoms with van der Waals surface area (Å²) in [5, 5.41) is 8.75. The Morgan fingerprint density at radius 1 is 1.37 bits per heavy atom. The fraction of sp³-hybridized carbons (Fsp3) is 0.533. The first-order valence-electron chi connectivity index (χ1n) is 6.85. The molecule has 1 fully saturated rings. The Morgan fingerprint density at radius 3 is 2.58 bits per heavy atom. The molecule has 0 aromatic heterocycles. The van der Waals surface area contributed by atoms with E-state index in [2.05, 4.69) is 0 Å². The number of benzene rings is 1. The van der Waals surface area contributed by atoms with Crippen molar-refractivity contribution >= 4 is 5.97 Å². The number of hydrogen-bond acceptors (Lipinski definition) is 3. The predicted octanol–water partition coefficient (Wildman–Crippen LogP) is 2.21. The van der Waals surface area contributed by atoms with E-state index in [-0.39, 0.29) is 0 Å². The van der Waals surface area contributed by atoms with Crippen molar-refractivity contribution in [3.63, 3.8) is 0 Å². The SMILES string of the molecule is NC(Cc1ccc(OCCC2CCC2)cc1)C(=O)O. The molecule has 0 radical (unpaired) electrons. The molecule has 0 aliphatic heterocycles. The molecule has 1 atom stereocenters. The average Bonchev–Trinajstić information content (AvgIpc) is 2.34. The van der Waals surface area contributed by atoms with Crippen LogP contribution in [0, 0.1) is 5.92 Å². The lowest BCUT2D eigenvalue weighted by Crippen LogP contribution is -2.32. The first-order chi connectivity index (χ1) is 9.15. The molecule has 4 heteroatoms. The Kier molecular flexibility index (Phi) is 4.80. The van der Waals surface area contributed by atoms with E-state index in [1.54, 1.807) is 0 Å². The van der Waals surface area contributed by atoms with Crippen LogP contribution in [-0.2, 0) is 11.2 Å². The zero-order valence-electron chi connectivity index (χ0n) is 11.0. The lowest BCUT2D eigenvalue weighted by molar-refractivity contribution is -0.138. The highest BCUT2D eigenvalue weighted by Crippen LogP contribution is 2.29. The molecule has 19 heavy (non-hydrogen) atoms. The van der Waals surface area contributed by atoms with Crippen molar-refractivity contribution in [3.05, 3.63) is 29.8 Å². The summed E-state index contributed by atoms with van der Waals surface area (Å²) in [4.78, 5) is 10.7. The summed E-state index contributed by atoms with van der Waals surface area (Å²) in [7, 11) is 0. The molecule has 0 heterocycles. The molecule has 0 spiro atoms. The second-order valence-electron chi connectivity index (χ2n) is 5.23. The highest BCUT2D eigenvalue weighted by molar-refractivity contribution is 5.73. The van der Waals surface area contributed by atoms with Crippen LogP contribution in [0.3, 0.4) is 0 Å². The van der Waals surface area contributed by atoms with Gasteiger partial charge in [0.15, 0.2) is 0 Å². The fourth-order valence-corrected chi connectivity index (χ4v) is 2.19. The van der Waals surface area contributed by atoms with Gasteiger partial charge in [0.25, 0.3) is 0 Å². The van der Waals surface area contributed by atoms with Crippen molar-refractivity contribution < 1.29 is 14.6 Å². The van der Waals surface area contributed by atoms with E-state index in [1.165, 1.54) is 19.3 Å². The van der Waals surface area contributed by atoms with Crippen molar-refractivity contribution in [1.29, 1.82) is 0 Å². The van der Waals surface area contributed by atoms with E-state index in [9.17, 15) is 4.79 Å². The summed E-state index contributed by atoms with van der Waals surface area (Å²) in [5.74, 6) is 0.723. The van der Waals surface area contributed by atoms with Gasteiger partial charge >= 0.3 is 5.97 Å². The molecule has 0 amide bonds. The van der Waals surface area contributed by atoms with E-state index < -0.39 is 12.0 Å². The molecule has 1 aromatic rings. The van der Waals surface area contributed by atoms with Crippen LogP contribution in [0.15, 0.2) is 24.3 Å². The third-order valence-corrected chi connectivity index (χ3v) is 3.72. The lowest BCUT2D eigenvalue weighted by Gasteiger charge is -2.24. The maximum Gasteiger partial charge on any atom is 0.320 e. The van der Waals surface area contributed by atoms with Crippen molar-refractivity contribution in [2.24, 2.45) is 11.7 Å². The maximum absolute atomic E-state index is 10.7. The summed E-state index contributed by atoms with van der Waals surface area (Å²) >= 11 is 0. The van der Waals surface area contributed by atoms with Gasteiger partial charge in [-0.05, 0) is 36.5 Å². The van der Waals surface area contributed by atoms with Gasteiger partial charge in [-0.25, -0.2) is 0 Å². The van der Waals surface area contributed by atoms with Crippen LogP contribution in [0.4, 0.5) is 0 Å². The predicted molar refractivity (Wildman–Crippen MR) is 73.2 cm³/mol. The van der Waals surface area contributed by atoms with Gasteiger partial charge in [0.05, 0.1) is 6.61 Å². The molecule has 0 bridgehead atoms. The maximum atomic E-state index is 10.7. The molecule has 4 nitrogen and oxygen atoms in total. The van der Waals surface area contributed by atoms with Gasteiger partial charge in [0.2, 0.25) is 0 Å². The van der Waals surface area contributed by atoms with Crippen molar-refractivity contribution in [3.8, 4) is 5.75 Å². The van der Waals surface area contributed by atoms with Gasteiger partial charge in [-0.3, -0.25) is 4.79 Å². The Bertz CT molecular complexity index is 412. The molecule has 1 aliphatic rings. The number of carbonyl (C=O) groups is 1. The Labute approximate surface area is 113 Å². The Hall–Kier alpha value is -1.55. The standard InChI is InChI=1S/C15H21NO3/c16-14(15(17)18)10-12-4-6-13(7-5-12)19-9-8-11-2-1-3-11/h4-7,11,14H,1-3,8-10,16H2,(H,17,18). The van der Waals surface area contributed by atoms with Gasteiger partial charge in [0, 0.05) is 0 Å². The quantitative estimate of drug-likeness (QED) is 0.791. The smallest absolute Gasteiger partial charge is 0.320 e. The number of nitrogens with two attached hydrogens (primary N) is 1. The summed E-state index contributed by atoms with van der Waals surface area (Å²) < 4.78 is 5.67. The minimum Gasteiger partial charge on any atom is -0.494 e. The van der Waals surface area contributed by atoms with Crippen LogP contribution >= 0.6 is 0 Å². The minimum atomic E-state index is -0.971. The van der Waals surface area contributed by atoms with E-state index >= 15 is 0 Å². The third-order valence-electron chi connectivity index (χ3n) is 3.72. The zero-order chi connectivity index (χ0) is 13.7. The molecule has 1 saturated carbocycles. The fourth-order valence-electron chi connectivity index (χ4n) is 2.19. The number of aliphatic carboxylic acids is 1. The van der Waals surface area contributed by atoms with Crippen LogP contribution in [0.2, 0.25) is 0 Å². The van der Waals surface area contributed by atoms with Crippen molar-refractivity contribution in [1.82, 2.24) is 0 Å². The second kappa shape index (κ2) is 6.57. The largest absolute Gasteiger partial charge is 0.494 e. The van der Waals surface area contributed by atoms with Crippen LogP contribution in [0.5, 0.6) is 5.75 Å². The van der Waals surface area contributed by atoms with Crippen molar-refractivity contribution in [2.45, 2.75) is 38.1 Å². The van der Waals surface area contributed by atoms with E-state index in [0.29, 0.717) is 6.42 Å². The summed E-state index contributed by atoms with van der Waals surface area (Å²) in [6.45, 7) is 0.763. The number of hydrogen-bond donors (Lipinski definition) is 2. The number of carboxylic acids is 1. The van der Waals surface area contributed by atoms with Crippen LogP contribution in [0.1, 0.15) is 31.2 Å². The molecule has 1 aromatic carbocycles. The van der Waals surface area contributed by atoms with Gasteiger partial charge in [0.1, 0.15) is 11.8 Å². The van der Waals surface area contributed by atoms with Gasteiger partial charge in [-0.2, -0.15) is 0 Å². The van der Waals surface area contributed by atoms with Crippen molar-refractivity contribution in [2.75, 3.05) is 6.61 Å². The Morgan fingerprint density at radius 2 is 2.05 bits per heavy atom. The van der Waals surface area contributed by atoms with Crippen LogP contribution in [0.25, 0.3) is 0 Å². The van der Waals surface area contributed by atoms with Crippen LogP contribution in [-0.4, -0.2) is 23.7 Å². The first kappa shape index (κ1) is 13.9. The molecular weight excluding hydrogens is 242 g/mol. The van der Waals surface area contributed by atoms with E-state index in [1.807, 2.05) is 24.3 Å². The Balaban J connectivity index is 1.75. The normalized spacial score (nSPS) is 16.7. The average molecular weight is 263 g/mol. The number of rotatable bonds is 7. The van der Waals surface area contributed by atoms with Gasteiger partial charge < -0.3 is 15.6 Å². The molecular formula is C15H21NO3. The molecule has 2 rings (SSSR count). The second-order valence-corrected chi connectivity index (χ2v) is 5.23. The topological polar surface area (TPSA) is 72.5 Å². The summed E-state index contributed by atoms with van der Waals surface area (Å²) in [6.07, 6.45) is 5.53. The monoisotopic (exact) mass is 263 g/mol. The number of ether oxygens (including phenoxy) is 1. The summed E-state index contributed by atoms with van der Waals surface area (Å²) in [6, 6.07) is 6.67. The zero-order valence-corrected chi connectivity index (χ0v) is 11.0. The number of carboxylic acid groups (broad SMARTS) is 1. The van der Waals surface area contributed by atoms with Gasteiger partial charge in [-0.15, -0.1) is 0 Å². The van der Waals surface area contributed by atoms with Crippen LogP contribution < -0.4 is 10.5 Å². The molecule has 1 aliphatic carbocycles. The highest BCUT2D eigenvalue weighted by Gasteiger charge is 2.16. The minimum absolute atomic E-state index is 0.345. The van der Waals surface area contributed by atoms with E-state index in [4.69, 9.17) is 15.6 Å². The lowest BCUT2D eigenvalue weighted by atomic mass is 9.83. The first-order valence-corrected chi connectivity index (χ1v) is 6.85. The van der Waals surface area contributed by atoms with E-state index in [0.717, 1.165) is 30.3 Å². The highest BCUT2D eigenvalue weighted by atomic mass is 16.5.